The van der Waals surface area contributed by atoms with Crippen LogP contribution in [0, 0.1) is 11.8 Å². The Labute approximate surface area is 230 Å². The highest BCUT2D eigenvalue weighted by atomic mass is 19.3. The van der Waals surface area contributed by atoms with E-state index in [2.05, 4.69) is 25.6 Å². The molecule has 0 radical (unpaired) electrons. The molecule has 0 aromatic heterocycles. The lowest BCUT2D eigenvalue weighted by molar-refractivity contribution is -0.272. The number of allylic oxidation sites excluding steroid dienone is 1. The molecule has 2 aliphatic carbocycles. The van der Waals surface area contributed by atoms with Gasteiger partial charge in [0.1, 0.15) is 0 Å². The summed E-state index contributed by atoms with van der Waals surface area (Å²) in [5, 5.41) is 0. The van der Waals surface area contributed by atoms with Gasteiger partial charge in [0.25, 0.3) is 0 Å². The normalized spacial score (nSPS) is 25.2. The van der Waals surface area contributed by atoms with E-state index in [-0.39, 0.29) is 5.56 Å². The van der Waals surface area contributed by atoms with Crippen LogP contribution in [-0.4, -0.2) is 0 Å². The Morgan fingerprint density at radius 3 is 1.92 bits per heavy atom. The zero-order chi connectivity index (χ0) is 27.0. The Kier molecular flexibility index (Phi) is 10.6. The van der Waals surface area contributed by atoms with E-state index in [9.17, 15) is 0 Å². The van der Waals surface area contributed by atoms with Crippen molar-refractivity contribution in [1.82, 2.24) is 0 Å². The number of unbranched alkanes of at least 4 members (excludes halogenated alkanes) is 3. The lowest BCUT2D eigenvalue weighted by Crippen LogP contribution is -2.20. The number of rotatable bonds is 12. The minimum Gasteiger partial charge on any atom is -0.309 e. The Balaban J connectivity index is 1.27. The third-order valence-electron chi connectivity index (χ3n) is 9.34. The Morgan fingerprint density at radius 1 is 0.816 bits per heavy atom. The molecule has 2 saturated carbocycles. The lowest BCUT2D eigenvalue weighted by atomic mass is 9.77. The van der Waals surface area contributed by atoms with Gasteiger partial charge in [-0.15, -0.1) is 6.58 Å². The van der Waals surface area contributed by atoms with Crippen LogP contribution in [-0.2, 0) is 10.8 Å². The highest BCUT2D eigenvalue weighted by Gasteiger charge is 2.35. The largest absolute Gasteiger partial charge is 0.383 e. The summed E-state index contributed by atoms with van der Waals surface area (Å²) in [6.45, 7) is 7.90. The molecule has 2 aromatic rings. The maximum Gasteiger partial charge on any atom is 0.383 e. The molecule has 0 amide bonds. The summed E-state index contributed by atoms with van der Waals surface area (Å²) in [4.78, 5) is 0. The predicted octanol–water partition coefficient (Wildman–Crippen LogP) is 11.2. The standard InChI is InChI=1S/C35H48F2O/c1-4-6-7-8-9-28-12-16-31(17-13-28)32-20-18-29(19-21-32)26(3)38-35(36,37)34-24-22-33(23-25-34)30-14-10-27(5-2)11-15-30/h5,18-28,30-31H,2,4,6-17H2,1,3H3. The van der Waals surface area contributed by atoms with E-state index in [1.165, 1.54) is 63.4 Å². The second-order valence-corrected chi connectivity index (χ2v) is 12.0. The summed E-state index contributed by atoms with van der Waals surface area (Å²) >= 11 is 0. The van der Waals surface area contributed by atoms with Crippen LogP contribution in [0.15, 0.2) is 61.2 Å². The van der Waals surface area contributed by atoms with Crippen molar-refractivity contribution in [2.24, 2.45) is 11.8 Å². The molecular weight excluding hydrogens is 474 g/mol. The van der Waals surface area contributed by atoms with E-state index < -0.39 is 12.2 Å². The first-order chi connectivity index (χ1) is 18.4. The number of benzene rings is 2. The molecule has 0 N–H and O–H groups in total. The van der Waals surface area contributed by atoms with Gasteiger partial charge in [-0.05, 0) is 98.7 Å². The molecule has 4 rings (SSSR count). The van der Waals surface area contributed by atoms with Crippen molar-refractivity contribution in [3.63, 3.8) is 0 Å². The molecular formula is C35H48F2O. The number of hydrogen-bond acceptors (Lipinski definition) is 1. The van der Waals surface area contributed by atoms with Crippen molar-refractivity contribution in [2.75, 3.05) is 0 Å². The Morgan fingerprint density at radius 2 is 1.37 bits per heavy atom. The van der Waals surface area contributed by atoms with Crippen molar-refractivity contribution in [1.29, 1.82) is 0 Å². The van der Waals surface area contributed by atoms with Crippen molar-refractivity contribution >= 4 is 0 Å². The quantitative estimate of drug-likeness (QED) is 0.199. The van der Waals surface area contributed by atoms with Gasteiger partial charge in [0.15, 0.2) is 0 Å². The van der Waals surface area contributed by atoms with Crippen molar-refractivity contribution in [3.05, 3.63) is 83.4 Å². The van der Waals surface area contributed by atoms with Crippen LogP contribution in [0.4, 0.5) is 8.78 Å². The van der Waals surface area contributed by atoms with Gasteiger partial charge in [-0.2, -0.15) is 8.78 Å². The van der Waals surface area contributed by atoms with E-state index in [4.69, 9.17) is 4.74 Å². The van der Waals surface area contributed by atoms with E-state index in [1.807, 2.05) is 30.3 Å². The van der Waals surface area contributed by atoms with Crippen LogP contribution in [0.25, 0.3) is 0 Å². The number of ether oxygens (including phenoxy) is 1. The molecule has 2 aliphatic rings. The van der Waals surface area contributed by atoms with Crippen molar-refractivity contribution in [2.45, 2.75) is 121 Å². The van der Waals surface area contributed by atoms with Crippen LogP contribution in [0.5, 0.6) is 0 Å². The molecule has 1 atom stereocenters. The average molecular weight is 523 g/mol. The van der Waals surface area contributed by atoms with E-state index in [1.54, 1.807) is 19.1 Å². The Bertz CT molecular complexity index is 964. The number of hydrogen-bond donors (Lipinski definition) is 0. The van der Waals surface area contributed by atoms with Gasteiger partial charge < -0.3 is 4.74 Å². The summed E-state index contributed by atoms with van der Waals surface area (Å²) in [5.74, 6) is 2.53. The minimum absolute atomic E-state index is 0.0732. The van der Waals surface area contributed by atoms with Crippen LogP contribution in [0.3, 0.4) is 0 Å². The molecule has 0 bridgehead atoms. The molecule has 0 saturated heterocycles. The molecule has 1 unspecified atom stereocenters. The van der Waals surface area contributed by atoms with Crippen molar-refractivity contribution < 1.29 is 13.5 Å². The fraction of sp³-hybridized carbons (Fsp3) is 0.600. The fourth-order valence-corrected chi connectivity index (χ4v) is 6.68. The van der Waals surface area contributed by atoms with Gasteiger partial charge >= 0.3 is 6.11 Å². The van der Waals surface area contributed by atoms with Gasteiger partial charge in [-0.25, -0.2) is 0 Å². The average Bonchev–Trinajstić information content (AvgIpc) is 2.96. The monoisotopic (exact) mass is 522 g/mol. The topological polar surface area (TPSA) is 9.23 Å². The molecule has 0 heterocycles. The molecule has 2 fully saturated rings. The molecule has 38 heavy (non-hydrogen) atoms. The summed E-state index contributed by atoms with van der Waals surface area (Å²) < 4.78 is 35.5. The number of alkyl halides is 2. The molecule has 0 spiro atoms. The molecule has 1 nitrogen and oxygen atoms in total. The maximum atomic E-state index is 15.1. The minimum atomic E-state index is -3.33. The second-order valence-electron chi connectivity index (χ2n) is 12.0. The smallest absolute Gasteiger partial charge is 0.309 e. The molecule has 2 aromatic carbocycles. The molecule has 0 aliphatic heterocycles. The van der Waals surface area contributed by atoms with E-state index in [0.29, 0.717) is 17.8 Å². The van der Waals surface area contributed by atoms with E-state index >= 15 is 8.78 Å². The van der Waals surface area contributed by atoms with Crippen LogP contribution in [0.2, 0.25) is 0 Å². The highest BCUT2D eigenvalue weighted by Crippen LogP contribution is 2.40. The van der Waals surface area contributed by atoms with Crippen LogP contribution >= 0.6 is 0 Å². The highest BCUT2D eigenvalue weighted by molar-refractivity contribution is 5.29. The first-order valence-corrected chi connectivity index (χ1v) is 15.3. The second kappa shape index (κ2) is 13.9. The van der Waals surface area contributed by atoms with Crippen LogP contribution < -0.4 is 0 Å². The first kappa shape index (κ1) is 29.0. The summed E-state index contributed by atoms with van der Waals surface area (Å²) in [6.07, 6.45) is 14.4. The maximum absolute atomic E-state index is 15.1. The van der Waals surface area contributed by atoms with E-state index in [0.717, 1.165) is 42.7 Å². The molecule has 3 heteroatoms. The zero-order valence-electron chi connectivity index (χ0n) is 23.6. The van der Waals surface area contributed by atoms with Gasteiger partial charge in [0, 0.05) is 0 Å². The summed E-state index contributed by atoms with van der Waals surface area (Å²) in [5.41, 5.74) is 3.22. The molecule has 208 valence electrons. The third-order valence-corrected chi connectivity index (χ3v) is 9.34. The van der Waals surface area contributed by atoms with Gasteiger partial charge in [0.2, 0.25) is 0 Å². The third kappa shape index (κ3) is 7.78. The summed E-state index contributed by atoms with van der Waals surface area (Å²) in [6, 6.07) is 15.1. The van der Waals surface area contributed by atoms with Gasteiger partial charge in [-0.1, -0.05) is 93.6 Å². The fourth-order valence-electron chi connectivity index (χ4n) is 6.68. The van der Waals surface area contributed by atoms with Gasteiger partial charge in [0.05, 0.1) is 11.7 Å². The predicted molar refractivity (Wildman–Crippen MR) is 155 cm³/mol. The Hall–Kier alpha value is -2.00. The van der Waals surface area contributed by atoms with Crippen LogP contribution in [0.1, 0.15) is 138 Å². The zero-order valence-corrected chi connectivity index (χ0v) is 23.6. The lowest BCUT2D eigenvalue weighted by Gasteiger charge is -2.29. The van der Waals surface area contributed by atoms with Crippen molar-refractivity contribution in [3.8, 4) is 0 Å². The SMILES string of the molecule is C=CC1CCC(c2ccc(C(F)(F)OC(C)c3ccc(C4CCC(CCCCCC)CC4)cc3)cc2)CC1. The number of halogens is 2. The van der Waals surface area contributed by atoms with Gasteiger partial charge in [-0.3, -0.25) is 0 Å². The first-order valence-electron chi connectivity index (χ1n) is 15.3. The summed E-state index contributed by atoms with van der Waals surface area (Å²) in [7, 11) is 0.